The average Bonchev–Trinajstić information content (AvgIpc) is 2.64. The smallest absolute Gasteiger partial charge is 0.111 e. The molecule has 1 nitrogen and oxygen atoms in total. The summed E-state index contributed by atoms with van der Waals surface area (Å²) in [6.07, 6.45) is 7.93. The van der Waals surface area contributed by atoms with E-state index < -0.39 is 0 Å². The quantitative estimate of drug-likeness (QED) is 0.605. The van der Waals surface area contributed by atoms with Crippen molar-refractivity contribution in [3.63, 3.8) is 0 Å². The summed E-state index contributed by atoms with van der Waals surface area (Å²) in [5, 5.41) is 0. The Bertz CT molecular complexity index is 201. The second-order valence-electron chi connectivity index (χ2n) is 3.75. The molecule has 0 aromatic carbocycles. The topological polar surface area (TPSA) is 13.1 Å². The Kier molecular flexibility index (Phi) is 4.66. The van der Waals surface area contributed by atoms with Crippen molar-refractivity contribution >= 4 is 0 Å². The predicted molar refractivity (Wildman–Crippen MR) is 54.6 cm³/mol. The first kappa shape index (κ1) is 10.4. The second-order valence-corrected chi connectivity index (χ2v) is 3.75. The maximum Gasteiger partial charge on any atom is 0.111 e. The Morgan fingerprint density at radius 1 is 1.46 bits per heavy atom. The molecule has 0 fully saturated rings. The van der Waals surface area contributed by atoms with Gasteiger partial charge in [-0.25, -0.2) is 0 Å². The van der Waals surface area contributed by atoms with Gasteiger partial charge < -0.3 is 4.42 Å². The minimum Gasteiger partial charge on any atom is -0.469 e. The molecule has 73 valence electrons. The standard InChI is InChI=1S/C12H19O/c1-3-11(2)7-4-5-8-12-9-6-10-13-12/h6,10-11H,3-5,7-8H2,1-2H3. The molecule has 0 N–H and O–H groups in total. The molecular formula is C12H19O. The van der Waals surface area contributed by atoms with Crippen LogP contribution in [0.2, 0.25) is 0 Å². The highest BCUT2D eigenvalue weighted by Gasteiger charge is 1.99. The second kappa shape index (κ2) is 5.85. The zero-order valence-corrected chi connectivity index (χ0v) is 8.68. The van der Waals surface area contributed by atoms with E-state index in [1.54, 1.807) is 6.26 Å². The van der Waals surface area contributed by atoms with Crippen LogP contribution in [0.15, 0.2) is 16.7 Å². The highest BCUT2D eigenvalue weighted by atomic mass is 16.3. The highest BCUT2D eigenvalue weighted by Crippen LogP contribution is 2.13. The minimum absolute atomic E-state index is 0.876. The Balaban J connectivity index is 2.02. The van der Waals surface area contributed by atoms with Crippen LogP contribution in [0.4, 0.5) is 0 Å². The van der Waals surface area contributed by atoms with E-state index in [2.05, 4.69) is 19.9 Å². The Morgan fingerprint density at radius 2 is 2.31 bits per heavy atom. The summed E-state index contributed by atoms with van der Waals surface area (Å²) in [4.78, 5) is 0. The first-order valence-corrected chi connectivity index (χ1v) is 5.27. The zero-order valence-electron chi connectivity index (χ0n) is 8.68. The predicted octanol–water partition coefficient (Wildman–Crippen LogP) is 3.84. The summed E-state index contributed by atoms with van der Waals surface area (Å²) in [5.41, 5.74) is 0. The molecule has 0 aliphatic heterocycles. The Labute approximate surface area is 81.1 Å². The number of hydrogen-bond donors (Lipinski definition) is 0. The third-order valence-electron chi connectivity index (χ3n) is 2.57. The van der Waals surface area contributed by atoms with E-state index in [9.17, 15) is 0 Å². The SMILES string of the molecule is CCC(C)CCCCc1[c]cco1. The molecule has 13 heavy (non-hydrogen) atoms. The molecule has 1 aromatic rings. The van der Waals surface area contributed by atoms with Gasteiger partial charge in [-0.15, -0.1) is 0 Å². The average molecular weight is 179 g/mol. The van der Waals surface area contributed by atoms with Gasteiger partial charge in [-0.2, -0.15) is 0 Å². The van der Waals surface area contributed by atoms with E-state index in [4.69, 9.17) is 4.42 Å². The maximum atomic E-state index is 5.21. The van der Waals surface area contributed by atoms with E-state index in [1.165, 1.54) is 25.7 Å². The van der Waals surface area contributed by atoms with Crippen LogP contribution in [0.25, 0.3) is 0 Å². The molecule has 1 rings (SSSR count). The van der Waals surface area contributed by atoms with E-state index in [0.29, 0.717) is 0 Å². The number of aryl methyl sites for hydroxylation is 1. The van der Waals surface area contributed by atoms with Crippen molar-refractivity contribution in [2.75, 3.05) is 0 Å². The molecule has 0 aliphatic carbocycles. The van der Waals surface area contributed by atoms with Gasteiger partial charge >= 0.3 is 0 Å². The van der Waals surface area contributed by atoms with Gasteiger partial charge in [-0.3, -0.25) is 0 Å². The lowest BCUT2D eigenvalue weighted by molar-refractivity contribution is 0.459. The molecule has 1 heteroatoms. The van der Waals surface area contributed by atoms with Gasteiger partial charge in [-0.05, 0) is 18.4 Å². The lowest BCUT2D eigenvalue weighted by Gasteiger charge is -2.06. The summed E-state index contributed by atoms with van der Waals surface area (Å²) >= 11 is 0. The molecular weight excluding hydrogens is 160 g/mol. The molecule has 0 aliphatic rings. The molecule has 0 spiro atoms. The summed E-state index contributed by atoms with van der Waals surface area (Å²) in [5.74, 6) is 1.88. The van der Waals surface area contributed by atoms with E-state index >= 15 is 0 Å². The third-order valence-corrected chi connectivity index (χ3v) is 2.57. The van der Waals surface area contributed by atoms with Gasteiger partial charge in [0, 0.05) is 12.5 Å². The summed E-state index contributed by atoms with van der Waals surface area (Å²) in [6, 6.07) is 4.91. The molecule has 0 saturated carbocycles. The van der Waals surface area contributed by atoms with Gasteiger partial charge in [0.05, 0.1) is 6.26 Å². The van der Waals surface area contributed by atoms with Gasteiger partial charge in [0.1, 0.15) is 5.76 Å². The maximum absolute atomic E-state index is 5.21. The van der Waals surface area contributed by atoms with E-state index in [0.717, 1.165) is 18.1 Å². The van der Waals surface area contributed by atoms with Crippen LogP contribution in [0.5, 0.6) is 0 Å². The molecule has 1 unspecified atom stereocenters. The summed E-state index contributed by atoms with van der Waals surface area (Å²) in [7, 11) is 0. The largest absolute Gasteiger partial charge is 0.469 e. The molecule has 1 radical (unpaired) electrons. The van der Waals surface area contributed by atoms with Crippen molar-refractivity contribution < 1.29 is 4.42 Å². The Hall–Kier alpha value is -0.720. The zero-order chi connectivity index (χ0) is 9.52. The van der Waals surface area contributed by atoms with Gasteiger partial charge in [0.25, 0.3) is 0 Å². The minimum atomic E-state index is 0.876. The summed E-state index contributed by atoms with van der Waals surface area (Å²) < 4.78 is 5.21. The van der Waals surface area contributed by atoms with Gasteiger partial charge in [0.2, 0.25) is 0 Å². The molecule has 1 aromatic heterocycles. The van der Waals surface area contributed by atoms with Gasteiger partial charge in [0.15, 0.2) is 0 Å². The normalized spacial score (nSPS) is 13.1. The van der Waals surface area contributed by atoms with Crippen LogP contribution in [0.1, 0.15) is 45.3 Å². The lowest BCUT2D eigenvalue weighted by Crippen LogP contribution is -1.92. The molecule has 1 atom stereocenters. The van der Waals surface area contributed by atoms with Crippen LogP contribution in [0, 0.1) is 12.0 Å². The first-order chi connectivity index (χ1) is 6.33. The highest BCUT2D eigenvalue weighted by molar-refractivity contribution is 4.95. The molecule has 1 heterocycles. The molecule has 0 bridgehead atoms. The number of rotatable bonds is 6. The molecule has 0 saturated heterocycles. The lowest BCUT2D eigenvalue weighted by atomic mass is 10.0. The van der Waals surface area contributed by atoms with Crippen LogP contribution in [-0.4, -0.2) is 0 Å². The Morgan fingerprint density at radius 3 is 2.92 bits per heavy atom. The van der Waals surface area contributed by atoms with Crippen LogP contribution >= 0.6 is 0 Å². The van der Waals surface area contributed by atoms with E-state index in [-0.39, 0.29) is 0 Å². The molecule has 0 amide bonds. The van der Waals surface area contributed by atoms with Crippen molar-refractivity contribution in [2.45, 2.75) is 46.0 Å². The fourth-order valence-corrected chi connectivity index (χ4v) is 1.39. The summed E-state index contributed by atoms with van der Waals surface area (Å²) in [6.45, 7) is 4.57. The van der Waals surface area contributed by atoms with Crippen molar-refractivity contribution in [3.05, 3.63) is 24.2 Å². The van der Waals surface area contributed by atoms with Crippen molar-refractivity contribution in [2.24, 2.45) is 5.92 Å². The number of hydrogen-bond acceptors (Lipinski definition) is 1. The van der Waals surface area contributed by atoms with Crippen LogP contribution in [0.3, 0.4) is 0 Å². The van der Waals surface area contributed by atoms with Crippen LogP contribution in [-0.2, 0) is 6.42 Å². The van der Waals surface area contributed by atoms with E-state index in [1.807, 2.05) is 6.07 Å². The monoisotopic (exact) mass is 179 g/mol. The van der Waals surface area contributed by atoms with Crippen molar-refractivity contribution in [1.29, 1.82) is 0 Å². The van der Waals surface area contributed by atoms with Gasteiger partial charge in [-0.1, -0.05) is 33.1 Å². The van der Waals surface area contributed by atoms with Crippen molar-refractivity contribution in [3.8, 4) is 0 Å². The number of unbranched alkanes of at least 4 members (excludes halogenated alkanes) is 1. The third kappa shape index (κ3) is 4.16. The fraction of sp³-hybridized carbons (Fsp3) is 0.667. The van der Waals surface area contributed by atoms with Crippen molar-refractivity contribution in [1.82, 2.24) is 0 Å². The van der Waals surface area contributed by atoms with Crippen LogP contribution < -0.4 is 0 Å². The first-order valence-electron chi connectivity index (χ1n) is 5.27. The fourth-order valence-electron chi connectivity index (χ4n) is 1.39. The number of furan rings is 1.